The Balaban J connectivity index is 1.60. The molecule has 0 aliphatic carbocycles. The number of ketones is 1. The van der Waals surface area contributed by atoms with Crippen molar-refractivity contribution in [3.63, 3.8) is 0 Å². The van der Waals surface area contributed by atoms with E-state index in [9.17, 15) is 14.4 Å². The standard InChI is InChI=1S/C24H21NO4/c1-16-8-10-19(11-9-16)23(27)25-21-14-12-20(13-15-21)24(28)29-17(2)22(26)18-6-4-3-5-7-18/h3-15,17H,1-2H3,(H,25,27). The average Bonchev–Trinajstić information content (AvgIpc) is 2.74. The number of amides is 1. The highest BCUT2D eigenvalue weighted by Crippen LogP contribution is 2.14. The van der Waals surface area contributed by atoms with Crippen molar-refractivity contribution in [2.75, 3.05) is 5.32 Å². The molecule has 5 heteroatoms. The van der Waals surface area contributed by atoms with Crippen LogP contribution in [0.15, 0.2) is 78.9 Å². The Morgan fingerprint density at radius 2 is 1.34 bits per heavy atom. The Morgan fingerprint density at radius 3 is 1.97 bits per heavy atom. The largest absolute Gasteiger partial charge is 0.451 e. The van der Waals surface area contributed by atoms with E-state index < -0.39 is 12.1 Å². The monoisotopic (exact) mass is 387 g/mol. The van der Waals surface area contributed by atoms with Gasteiger partial charge in [0.2, 0.25) is 5.78 Å². The van der Waals surface area contributed by atoms with Gasteiger partial charge in [-0.3, -0.25) is 9.59 Å². The Morgan fingerprint density at radius 1 is 0.759 bits per heavy atom. The maximum absolute atomic E-state index is 12.3. The van der Waals surface area contributed by atoms with Crippen molar-refractivity contribution in [1.82, 2.24) is 0 Å². The van der Waals surface area contributed by atoms with Gasteiger partial charge in [-0.05, 0) is 50.2 Å². The van der Waals surface area contributed by atoms with Crippen LogP contribution in [0.1, 0.15) is 43.6 Å². The molecule has 0 fully saturated rings. The molecule has 1 amide bonds. The van der Waals surface area contributed by atoms with E-state index in [2.05, 4.69) is 5.32 Å². The van der Waals surface area contributed by atoms with Crippen LogP contribution in [-0.4, -0.2) is 23.8 Å². The fraction of sp³-hybridized carbons (Fsp3) is 0.125. The van der Waals surface area contributed by atoms with Gasteiger partial charge in [-0.2, -0.15) is 0 Å². The van der Waals surface area contributed by atoms with Gasteiger partial charge < -0.3 is 10.1 Å². The number of carbonyl (C=O) groups excluding carboxylic acids is 3. The van der Waals surface area contributed by atoms with Crippen molar-refractivity contribution in [1.29, 1.82) is 0 Å². The molecule has 0 saturated heterocycles. The van der Waals surface area contributed by atoms with Crippen LogP contribution in [0, 0.1) is 6.92 Å². The summed E-state index contributed by atoms with van der Waals surface area (Å²) in [5.74, 6) is -1.10. The van der Waals surface area contributed by atoms with Crippen LogP contribution in [0.5, 0.6) is 0 Å². The molecule has 0 spiro atoms. The molecule has 29 heavy (non-hydrogen) atoms. The highest BCUT2D eigenvalue weighted by molar-refractivity contribution is 6.04. The fourth-order valence-electron chi connectivity index (χ4n) is 2.72. The second kappa shape index (κ2) is 8.97. The number of nitrogens with one attached hydrogen (secondary N) is 1. The zero-order valence-corrected chi connectivity index (χ0v) is 16.2. The third kappa shape index (κ3) is 5.17. The summed E-state index contributed by atoms with van der Waals surface area (Å²) in [5, 5.41) is 2.78. The molecule has 5 nitrogen and oxygen atoms in total. The summed E-state index contributed by atoms with van der Waals surface area (Å²) in [6.07, 6.45) is -0.897. The third-order valence-electron chi connectivity index (χ3n) is 4.40. The zero-order chi connectivity index (χ0) is 20.8. The summed E-state index contributed by atoms with van der Waals surface area (Å²) in [6.45, 7) is 3.50. The first-order chi connectivity index (χ1) is 13.9. The molecule has 3 aromatic rings. The molecule has 0 aliphatic rings. The number of carbonyl (C=O) groups is 3. The number of benzene rings is 3. The fourth-order valence-corrected chi connectivity index (χ4v) is 2.72. The van der Waals surface area contributed by atoms with E-state index in [4.69, 9.17) is 4.74 Å². The lowest BCUT2D eigenvalue weighted by atomic mass is 10.1. The molecule has 0 aromatic heterocycles. The van der Waals surface area contributed by atoms with Crippen molar-refractivity contribution >= 4 is 23.3 Å². The highest BCUT2D eigenvalue weighted by atomic mass is 16.5. The lowest BCUT2D eigenvalue weighted by Gasteiger charge is -2.13. The minimum Gasteiger partial charge on any atom is -0.451 e. The van der Waals surface area contributed by atoms with Crippen LogP contribution in [0.4, 0.5) is 5.69 Å². The van der Waals surface area contributed by atoms with Gasteiger partial charge in [0, 0.05) is 16.8 Å². The number of hydrogen-bond acceptors (Lipinski definition) is 4. The number of aryl methyl sites for hydroxylation is 1. The number of hydrogen-bond donors (Lipinski definition) is 1. The second-order valence-electron chi connectivity index (χ2n) is 6.68. The predicted molar refractivity (Wildman–Crippen MR) is 111 cm³/mol. The summed E-state index contributed by atoms with van der Waals surface area (Å²) in [5.41, 5.74) is 2.96. The van der Waals surface area contributed by atoms with E-state index in [1.54, 1.807) is 67.6 Å². The summed E-state index contributed by atoms with van der Waals surface area (Å²) >= 11 is 0. The molecule has 0 bridgehead atoms. The van der Waals surface area contributed by atoms with Gasteiger partial charge in [-0.25, -0.2) is 4.79 Å². The van der Waals surface area contributed by atoms with Gasteiger partial charge in [0.25, 0.3) is 5.91 Å². The maximum Gasteiger partial charge on any atom is 0.338 e. The lowest BCUT2D eigenvalue weighted by molar-refractivity contribution is 0.0319. The summed E-state index contributed by atoms with van der Waals surface area (Å²) in [7, 11) is 0. The Kier molecular flexibility index (Phi) is 6.19. The lowest BCUT2D eigenvalue weighted by Crippen LogP contribution is -2.24. The first-order valence-electron chi connectivity index (χ1n) is 9.22. The van der Waals surface area contributed by atoms with Crippen LogP contribution in [0.2, 0.25) is 0 Å². The molecule has 0 radical (unpaired) electrons. The van der Waals surface area contributed by atoms with Gasteiger partial charge in [0.1, 0.15) is 0 Å². The summed E-state index contributed by atoms with van der Waals surface area (Å²) < 4.78 is 5.28. The predicted octanol–water partition coefficient (Wildman–Crippen LogP) is 4.68. The zero-order valence-electron chi connectivity index (χ0n) is 16.2. The van der Waals surface area contributed by atoms with Gasteiger partial charge in [-0.15, -0.1) is 0 Å². The average molecular weight is 387 g/mol. The van der Waals surface area contributed by atoms with E-state index in [-0.39, 0.29) is 11.7 Å². The van der Waals surface area contributed by atoms with Gasteiger partial charge in [0.15, 0.2) is 6.10 Å². The molecule has 3 aromatic carbocycles. The normalized spacial score (nSPS) is 11.4. The van der Waals surface area contributed by atoms with E-state index >= 15 is 0 Å². The smallest absolute Gasteiger partial charge is 0.338 e. The Bertz CT molecular complexity index is 1010. The van der Waals surface area contributed by atoms with Crippen LogP contribution < -0.4 is 5.32 Å². The first kappa shape index (κ1) is 20.0. The van der Waals surface area contributed by atoms with E-state index in [0.29, 0.717) is 22.4 Å². The van der Waals surface area contributed by atoms with Crippen LogP contribution in [-0.2, 0) is 4.74 Å². The van der Waals surface area contributed by atoms with Gasteiger partial charge >= 0.3 is 5.97 Å². The molecule has 3 rings (SSSR count). The minimum atomic E-state index is -0.897. The van der Waals surface area contributed by atoms with Crippen molar-refractivity contribution in [2.45, 2.75) is 20.0 Å². The van der Waals surface area contributed by atoms with Crippen molar-refractivity contribution in [2.24, 2.45) is 0 Å². The van der Waals surface area contributed by atoms with Crippen LogP contribution in [0.3, 0.4) is 0 Å². The molecule has 0 saturated carbocycles. The molecule has 0 heterocycles. The number of esters is 1. The first-order valence-corrected chi connectivity index (χ1v) is 9.22. The van der Waals surface area contributed by atoms with Crippen LogP contribution in [0.25, 0.3) is 0 Å². The van der Waals surface area contributed by atoms with E-state index in [1.165, 1.54) is 0 Å². The quantitative estimate of drug-likeness (QED) is 0.493. The molecule has 1 atom stereocenters. The molecule has 1 unspecified atom stereocenters. The molecular weight excluding hydrogens is 366 g/mol. The van der Waals surface area contributed by atoms with Gasteiger partial charge in [0.05, 0.1) is 5.56 Å². The van der Waals surface area contributed by atoms with Crippen molar-refractivity contribution < 1.29 is 19.1 Å². The van der Waals surface area contributed by atoms with E-state index in [0.717, 1.165) is 5.56 Å². The number of rotatable bonds is 6. The summed E-state index contributed by atoms with van der Waals surface area (Å²) in [6, 6.07) is 22.2. The number of ether oxygens (including phenoxy) is 1. The van der Waals surface area contributed by atoms with Crippen LogP contribution >= 0.6 is 0 Å². The van der Waals surface area contributed by atoms with Gasteiger partial charge in [-0.1, -0.05) is 48.0 Å². The summed E-state index contributed by atoms with van der Waals surface area (Å²) in [4.78, 5) is 36.9. The minimum absolute atomic E-state index is 0.234. The Hall–Kier alpha value is -3.73. The molecular formula is C24H21NO4. The second-order valence-corrected chi connectivity index (χ2v) is 6.68. The molecule has 0 aliphatic heterocycles. The Labute approximate surface area is 169 Å². The number of Topliss-reactive ketones (excluding diaryl/α,β-unsaturated/α-hetero) is 1. The van der Waals surface area contributed by atoms with Crippen molar-refractivity contribution in [3.05, 3.63) is 101 Å². The number of anilines is 1. The van der Waals surface area contributed by atoms with Crippen molar-refractivity contribution in [3.8, 4) is 0 Å². The maximum atomic E-state index is 12.3. The SMILES string of the molecule is Cc1ccc(C(=O)Nc2ccc(C(=O)OC(C)C(=O)c3ccccc3)cc2)cc1. The molecule has 1 N–H and O–H groups in total. The topological polar surface area (TPSA) is 72.5 Å². The molecule has 146 valence electrons. The highest BCUT2D eigenvalue weighted by Gasteiger charge is 2.20. The third-order valence-corrected chi connectivity index (χ3v) is 4.40. The van der Waals surface area contributed by atoms with E-state index in [1.807, 2.05) is 25.1 Å².